The van der Waals surface area contributed by atoms with Gasteiger partial charge in [-0.2, -0.15) is 8.42 Å². The predicted octanol–water partition coefficient (Wildman–Crippen LogP) is 0.998. The maximum atomic E-state index is 12.1. The van der Waals surface area contributed by atoms with Crippen LogP contribution in [-0.4, -0.2) is 34.8 Å². The van der Waals surface area contributed by atoms with Gasteiger partial charge in [-0.1, -0.05) is 0 Å². The molecule has 0 bridgehead atoms. The van der Waals surface area contributed by atoms with Gasteiger partial charge in [-0.15, -0.1) is 11.3 Å². The van der Waals surface area contributed by atoms with Gasteiger partial charge in [0, 0.05) is 24.5 Å². The van der Waals surface area contributed by atoms with E-state index < -0.39 is 15.9 Å². The first-order chi connectivity index (χ1) is 10.7. The smallest absolute Gasteiger partial charge is 0.284 e. The molecule has 0 aliphatic carbocycles. The Morgan fingerprint density at radius 1 is 1.35 bits per heavy atom. The monoisotopic (exact) mass is 357 g/mol. The van der Waals surface area contributed by atoms with E-state index in [0.29, 0.717) is 0 Å². The number of anilines is 1. The minimum absolute atomic E-state index is 0.0425. The molecule has 124 valence electrons. The third-order valence-electron chi connectivity index (χ3n) is 2.70. The third-order valence-corrected chi connectivity index (χ3v) is 4.67. The van der Waals surface area contributed by atoms with E-state index in [2.05, 4.69) is 15.3 Å². The second-order valence-corrected chi connectivity index (χ2v) is 7.39. The number of imidazole rings is 1. The van der Waals surface area contributed by atoms with Gasteiger partial charge in [0.2, 0.25) is 5.91 Å². The van der Waals surface area contributed by atoms with Crippen molar-refractivity contribution in [3.05, 3.63) is 23.6 Å². The molecular formula is C12H15N5O4S2. The summed E-state index contributed by atoms with van der Waals surface area (Å²) in [6, 6.07) is 0.0425. The molecule has 9 nitrogen and oxygen atoms in total. The Morgan fingerprint density at radius 3 is 2.61 bits per heavy atom. The normalized spacial score (nSPS) is 11.5. The molecular weight excluding hydrogens is 342 g/mol. The lowest BCUT2D eigenvalue weighted by Gasteiger charge is -2.04. The zero-order valence-corrected chi connectivity index (χ0v) is 14.2. The summed E-state index contributed by atoms with van der Waals surface area (Å²) in [6.45, 7) is 5.04. The fourth-order valence-corrected chi connectivity index (χ4v) is 3.19. The fraction of sp³-hybridized carbons (Fsp3) is 0.333. The Kier molecular flexibility index (Phi) is 4.80. The summed E-state index contributed by atoms with van der Waals surface area (Å²) in [5, 5.41) is 3.72. The van der Waals surface area contributed by atoms with Gasteiger partial charge in [0.05, 0.1) is 6.33 Å². The van der Waals surface area contributed by atoms with Crippen LogP contribution >= 0.6 is 11.3 Å². The molecule has 0 aromatic carbocycles. The number of aromatic nitrogens is 3. The van der Waals surface area contributed by atoms with Gasteiger partial charge in [-0.05, 0) is 13.8 Å². The van der Waals surface area contributed by atoms with Crippen molar-refractivity contribution < 1.29 is 18.0 Å². The molecule has 11 heteroatoms. The highest BCUT2D eigenvalue weighted by Crippen LogP contribution is 2.16. The topological polar surface area (TPSA) is 123 Å². The van der Waals surface area contributed by atoms with E-state index in [1.807, 2.05) is 18.6 Å². The van der Waals surface area contributed by atoms with Crippen molar-refractivity contribution in [3.63, 3.8) is 0 Å². The van der Waals surface area contributed by atoms with Crippen LogP contribution in [0.1, 0.15) is 37.3 Å². The zero-order chi connectivity index (χ0) is 17.2. The Labute approximate surface area is 136 Å². The SMILES string of the molecule is CC(=O)Nc1nc(C(=O)NS(=O)(=O)c2cn(C(C)C)cn2)cs1. The quantitative estimate of drug-likeness (QED) is 0.823. The summed E-state index contributed by atoms with van der Waals surface area (Å²) in [4.78, 5) is 30.5. The molecule has 0 aliphatic heterocycles. The second-order valence-electron chi connectivity index (χ2n) is 4.91. The van der Waals surface area contributed by atoms with Crippen molar-refractivity contribution in [1.29, 1.82) is 0 Å². The van der Waals surface area contributed by atoms with E-state index in [0.717, 1.165) is 11.3 Å². The number of thiazole rings is 1. The molecule has 2 N–H and O–H groups in total. The molecule has 0 spiro atoms. The molecule has 0 radical (unpaired) electrons. The van der Waals surface area contributed by atoms with E-state index in [1.165, 1.54) is 24.8 Å². The fourth-order valence-electron chi connectivity index (χ4n) is 1.55. The van der Waals surface area contributed by atoms with Crippen LogP contribution in [-0.2, 0) is 14.8 Å². The van der Waals surface area contributed by atoms with E-state index >= 15 is 0 Å². The molecule has 2 rings (SSSR count). The van der Waals surface area contributed by atoms with Crippen LogP contribution in [0, 0.1) is 0 Å². The summed E-state index contributed by atoms with van der Waals surface area (Å²) in [6.07, 6.45) is 2.71. The van der Waals surface area contributed by atoms with Crippen LogP contribution in [0.4, 0.5) is 5.13 Å². The standard InChI is InChI=1S/C12H15N5O4S2/c1-7(2)17-4-10(13-6-17)23(20,21)16-11(19)9-5-22-12(15-9)14-8(3)18/h4-7H,1-3H3,(H,16,19)(H,14,15,18). The number of sulfonamides is 1. The molecule has 0 atom stereocenters. The van der Waals surface area contributed by atoms with E-state index in [9.17, 15) is 18.0 Å². The van der Waals surface area contributed by atoms with Crippen LogP contribution in [0.2, 0.25) is 0 Å². The van der Waals surface area contributed by atoms with Crippen molar-refractivity contribution in [1.82, 2.24) is 19.3 Å². The summed E-state index contributed by atoms with van der Waals surface area (Å²) in [5.41, 5.74) is -0.106. The average molecular weight is 357 g/mol. The molecule has 0 fully saturated rings. The van der Waals surface area contributed by atoms with Crippen LogP contribution in [0.5, 0.6) is 0 Å². The van der Waals surface area contributed by atoms with Gasteiger partial charge in [0.15, 0.2) is 10.2 Å². The third kappa shape index (κ3) is 4.13. The molecule has 2 aromatic heterocycles. The van der Waals surface area contributed by atoms with Crippen molar-refractivity contribution in [3.8, 4) is 0 Å². The molecule has 2 aromatic rings. The average Bonchev–Trinajstić information content (AvgIpc) is 3.05. The molecule has 2 heterocycles. The van der Waals surface area contributed by atoms with Crippen LogP contribution in [0.25, 0.3) is 0 Å². The number of rotatable bonds is 5. The lowest BCUT2D eigenvalue weighted by Crippen LogP contribution is -2.31. The van der Waals surface area contributed by atoms with Crippen molar-refractivity contribution in [2.24, 2.45) is 0 Å². The maximum absolute atomic E-state index is 12.1. The predicted molar refractivity (Wildman–Crippen MR) is 83.7 cm³/mol. The van der Waals surface area contributed by atoms with E-state index in [-0.39, 0.29) is 27.8 Å². The number of nitrogens with one attached hydrogen (secondary N) is 2. The molecule has 2 amide bonds. The summed E-state index contributed by atoms with van der Waals surface area (Å²) >= 11 is 1.02. The Morgan fingerprint density at radius 2 is 2.04 bits per heavy atom. The number of hydrogen-bond donors (Lipinski definition) is 2. The van der Waals surface area contributed by atoms with Crippen LogP contribution in [0.3, 0.4) is 0 Å². The first-order valence-electron chi connectivity index (χ1n) is 6.53. The Hall–Kier alpha value is -2.27. The van der Waals surface area contributed by atoms with Crippen molar-refractivity contribution in [2.45, 2.75) is 31.8 Å². The summed E-state index contributed by atoms with van der Waals surface area (Å²) in [5.74, 6) is -1.23. The van der Waals surface area contributed by atoms with Gasteiger partial charge in [0.25, 0.3) is 15.9 Å². The van der Waals surface area contributed by atoms with Gasteiger partial charge in [-0.25, -0.2) is 14.7 Å². The highest BCUT2D eigenvalue weighted by atomic mass is 32.2. The van der Waals surface area contributed by atoms with E-state index in [1.54, 1.807) is 4.57 Å². The largest absolute Gasteiger partial charge is 0.334 e. The first-order valence-corrected chi connectivity index (χ1v) is 8.89. The number of carbonyl (C=O) groups is 2. The maximum Gasteiger partial charge on any atom is 0.284 e. The van der Waals surface area contributed by atoms with Crippen molar-refractivity contribution in [2.75, 3.05) is 5.32 Å². The lowest BCUT2D eigenvalue weighted by atomic mass is 10.4. The number of hydrogen-bond acceptors (Lipinski definition) is 7. The summed E-state index contributed by atoms with van der Waals surface area (Å²) in [7, 11) is -4.09. The number of amides is 2. The minimum Gasteiger partial charge on any atom is -0.334 e. The van der Waals surface area contributed by atoms with Gasteiger partial charge < -0.3 is 9.88 Å². The van der Waals surface area contributed by atoms with Gasteiger partial charge in [0.1, 0.15) is 5.69 Å². The second kappa shape index (κ2) is 6.46. The number of carbonyl (C=O) groups excluding carboxylic acids is 2. The first kappa shape index (κ1) is 17.1. The highest BCUT2D eigenvalue weighted by molar-refractivity contribution is 7.90. The van der Waals surface area contributed by atoms with E-state index in [4.69, 9.17) is 0 Å². The van der Waals surface area contributed by atoms with Crippen LogP contribution < -0.4 is 10.0 Å². The Bertz CT molecular complexity index is 837. The molecule has 0 saturated carbocycles. The molecule has 0 unspecified atom stereocenters. The van der Waals surface area contributed by atoms with Gasteiger partial charge >= 0.3 is 0 Å². The highest BCUT2D eigenvalue weighted by Gasteiger charge is 2.23. The zero-order valence-electron chi connectivity index (χ0n) is 12.6. The van der Waals surface area contributed by atoms with Crippen LogP contribution in [0.15, 0.2) is 22.9 Å². The molecule has 0 saturated heterocycles. The minimum atomic E-state index is -4.09. The van der Waals surface area contributed by atoms with Crippen molar-refractivity contribution >= 4 is 38.3 Å². The number of nitrogens with zero attached hydrogens (tertiary/aromatic N) is 3. The van der Waals surface area contributed by atoms with Gasteiger partial charge in [-0.3, -0.25) is 9.59 Å². The lowest BCUT2D eigenvalue weighted by molar-refractivity contribution is -0.114. The molecule has 0 aliphatic rings. The Balaban J connectivity index is 2.14. The molecule has 23 heavy (non-hydrogen) atoms. The summed E-state index contributed by atoms with van der Waals surface area (Å²) < 4.78 is 27.8.